The van der Waals surface area contributed by atoms with E-state index >= 15 is 0 Å². The molecule has 9 nitrogen and oxygen atoms in total. The molecule has 1 heterocycles. The third-order valence-electron chi connectivity index (χ3n) is 3.41. The van der Waals surface area contributed by atoms with Gasteiger partial charge < -0.3 is 15.4 Å². The number of rotatable bonds is 4. The molecule has 1 aromatic carbocycles. The monoisotopic (exact) mass is 307 g/mol. The minimum Gasteiger partial charge on any atom is -0.465 e. The number of nitrogens with zero attached hydrogens (tertiary/aromatic N) is 2. The van der Waals surface area contributed by atoms with E-state index < -0.39 is 34.3 Å². The number of nitro benzene ring substituents is 1. The summed E-state index contributed by atoms with van der Waals surface area (Å²) in [5, 5.41) is 11.2. The van der Waals surface area contributed by atoms with Crippen LogP contribution in [0.5, 0.6) is 0 Å². The molecule has 9 heteroatoms. The van der Waals surface area contributed by atoms with Crippen molar-refractivity contribution in [3.05, 3.63) is 33.9 Å². The van der Waals surface area contributed by atoms with E-state index in [0.29, 0.717) is 0 Å². The van der Waals surface area contributed by atoms with Crippen LogP contribution in [-0.2, 0) is 14.3 Å². The third kappa shape index (κ3) is 2.73. The molecular weight excluding hydrogens is 294 g/mol. The molecule has 2 N–H and O–H groups in total. The van der Waals surface area contributed by atoms with Gasteiger partial charge in [0.05, 0.1) is 23.5 Å². The first-order valence-electron chi connectivity index (χ1n) is 6.31. The maximum absolute atomic E-state index is 11.9. The van der Waals surface area contributed by atoms with Crippen molar-refractivity contribution in [2.45, 2.75) is 6.42 Å². The highest BCUT2D eigenvalue weighted by Crippen LogP contribution is 2.33. The lowest BCUT2D eigenvalue weighted by molar-refractivity contribution is -0.384. The molecule has 2 rings (SSSR count). The zero-order valence-corrected chi connectivity index (χ0v) is 11.6. The fourth-order valence-corrected chi connectivity index (χ4v) is 2.27. The van der Waals surface area contributed by atoms with Crippen LogP contribution < -0.4 is 10.6 Å². The van der Waals surface area contributed by atoms with Gasteiger partial charge in [-0.25, -0.2) is 4.79 Å². The summed E-state index contributed by atoms with van der Waals surface area (Å²) in [7, 11) is 1.16. The summed E-state index contributed by atoms with van der Waals surface area (Å²) in [4.78, 5) is 46.2. The van der Waals surface area contributed by atoms with E-state index in [0.717, 1.165) is 18.1 Å². The Morgan fingerprint density at radius 1 is 1.45 bits per heavy atom. The SMILES string of the molecule is COC(=O)c1ccc(N2CC(C(N)=O)CC2=O)c([N+](=O)[O-])c1. The van der Waals surface area contributed by atoms with Gasteiger partial charge in [-0.15, -0.1) is 0 Å². The predicted molar refractivity (Wildman–Crippen MR) is 74.1 cm³/mol. The molecule has 2 amide bonds. The van der Waals surface area contributed by atoms with E-state index in [1.54, 1.807) is 0 Å². The first-order chi connectivity index (χ1) is 10.3. The van der Waals surface area contributed by atoms with Crippen molar-refractivity contribution in [1.82, 2.24) is 0 Å². The highest BCUT2D eigenvalue weighted by Gasteiger charge is 2.37. The molecule has 0 aliphatic carbocycles. The maximum Gasteiger partial charge on any atom is 0.338 e. The van der Waals surface area contributed by atoms with Gasteiger partial charge in [0.1, 0.15) is 5.69 Å². The fraction of sp³-hybridized carbons (Fsp3) is 0.308. The summed E-state index contributed by atoms with van der Waals surface area (Å²) in [5.41, 5.74) is 4.77. The molecule has 0 spiro atoms. The molecule has 0 bridgehead atoms. The summed E-state index contributed by atoms with van der Waals surface area (Å²) in [6.07, 6.45) is -0.0920. The van der Waals surface area contributed by atoms with Crippen LogP contribution >= 0.6 is 0 Å². The Hall–Kier alpha value is -2.97. The molecule has 1 unspecified atom stereocenters. The van der Waals surface area contributed by atoms with Crippen LogP contribution in [0.1, 0.15) is 16.8 Å². The van der Waals surface area contributed by atoms with E-state index in [4.69, 9.17) is 5.73 Å². The zero-order valence-electron chi connectivity index (χ0n) is 11.6. The average molecular weight is 307 g/mol. The largest absolute Gasteiger partial charge is 0.465 e. The van der Waals surface area contributed by atoms with Crippen LogP contribution in [0.15, 0.2) is 18.2 Å². The van der Waals surface area contributed by atoms with Crippen molar-refractivity contribution in [2.75, 3.05) is 18.6 Å². The van der Waals surface area contributed by atoms with E-state index in [-0.39, 0.29) is 24.2 Å². The zero-order chi connectivity index (χ0) is 16.4. The van der Waals surface area contributed by atoms with Gasteiger partial charge in [-0.1, -0.05) is 0 Å². The molecule has 0 radical (unpaired) electrons. The van der Waals surface area contributed by atoms with E-state index in [1.807, 2.05) is 0 Å². The van der Waals surface area contributed by atoms with Gasteiger partial charge in [0.15, 0.2) is 0 Å². The second-order valence-electron chi connectivity index (χ2n) is 4.76. The quantitative estimate of drug-likeness (QED) is 0.480. The van der Waals surface area contributed by atoms with E-state index in [9.17, 15) is 24.5 Å². The van der Waals surface area contributed by atoms with Crippen molar-refractivity contribution in [3.63, 3.8) is 0 Å². The lowest BCUT2D eigenvalue weighted by atomic mass is 10.1. The Bertz CT molecular complexity index is 672. The molecule has 1 aliphatic heterocycles. The highest BCUT2D eigenvalue weighted by molar-refractivity contribution is 6.02. The number of carbonyl (C=O) groups is 3. The van der Waals surface area contributed by atoms with Crippen LogP contribution in [0.2, 0.25) is 0 Å². The number of methoxy groups -OCH3 is 1. The number of anilines is 1. The minimum atomic E-state index is -0.725. The van der Waals surface area contributed by atoms with Crippen LogP contribution in [0.3, 0.4) is 0 Å². The summed E-state index contributed by atoms with van der Waals surface area (Å²) in [6, 6.07) is 3.64. The number of hydrogen-bond acceptors (Lipinski definition) is 6. The number of ether oxygens (including phenoxy) is 1. The summed E-state index contributed by atoms with van der Waals surface area (Å²) >= 11 is 0. The molecule has 1 fully saturated rings. The lowest BCUT2D eigenvalue weighted by Gasteiger charge is -2.16. The topological polar surface area (TPSA) is 133 Å². The van der Waals surface area contributed by atoms with Crippen molar-refractivity contribution < 1.29 is 24.0 Å². The lowest BCUT2D eigenvalue weighted by Crippen LogP contribution is -2.29. The molecule has 1 atom stereocenters. The van der Waals surface area contributed by atoms with Gasteiger partial charge in [0.25, 0.3) is 5.69 Å². The van der Waals surface area contributed by atoms with Gasteiger partial charge >= 0.3 is 5.97 Å². The van der Waals surface area contributed by atoms with Crippen molar-refractivity contribution in [2.24, 2.45) is 11.7 Å². The van der Waals surface area contributed by atoms with E-state index in [1.165, 1.54) is 12.1 Å². The van der Waals surface area contributed by atoms with Gasteiger partial charge in [0, 0.05) is 19.0 Å². The third-order valence-corrected chi connectivity index (χ3v) is 3.41. The standard InChI is InChI=1S/C13H13N3O6/c1-22-13(19)7-2-3-9(10(4-7)16(20)21)15-6-8(12(14)18)5-11(15)17/h2-4,8H,5-6H2,1H3,(H2,14,18). The van der Waals surface area contributed by atoms with Gasteiger partial charge in [0.2, 0.25) is 11.8 Å². The Labute approximate surface area is 124 Å². The van der Waals surface area contributed by atoms with Gasteiger partial charge in [-0.05, 0) is 12.1 Å². The Kier molecular flexibility index (Phi) is 4.06. The van der Waals surface area contributed by atoms with Gasteiger partial charge in [-0.2, -0.15) is 0 Å². The molecule has 1 aromatic rings. The number of carbonyl (C=O) groups excluding carboxylic acids is 3. The molecule has 0 aromatic heterocycles. The highest BCUT2D eigenvalue weighted by atomic mass is 16.6. The number of primary amides is 1. The first kappa shape index (κ1) is 15.4. The molecular formula is C13H13N3O6. The molecule has 22 heavy (non-hydrogen) atoms. The summed E-state index contributed by atoms with van der Waals surface area (Å²) < 4.78 is 4.50. The number of benzene rings is 1. The van der Waals surface area contributed by atoms with Crippen LogP contribution in [0.25, 0.3) is 0 Å². The number of nitro groups is 1. The minimum absolute atomic E-state index is 0.00366. The number of esters is 1. The number of amides is 2. The number of nitrogens with two attached hydrogens (primary N) is 1. The van der Waals surface area contributed by atoms with Gasteiger partial charge in [-0.3, -0.25) is 19.7 Å². The molecule has 1 aliphatic rings. The Morgan fingerprint density at radius 3 is 2.64 bits per heavy atom. The average Bonchev–Trinajstić information content (AvgIpc) is 2.87. The van der Waals surface area contributed by atoms with E-state index in [2.05, 4.69) is 4.74 Å². The summed E-state index contributed by atoms with van der Waals surface area (Å²) in [6.45, 7) is -0.0213. The molecule has 0 saturated carbocycles. The Morgan fingerprint density at radius 2 is 2.14 bits per heavy atom. The Balaban J connectivity index is 2.43. The van der Waals surface area contributed by atoms with Crippen molar-refractivity contribution in [3.8, 4) is 0 Å². The van der Waals surface area contributed by atoms with Crippen molar-refractivity contribution in [1.29, 1.82) is 0 Å². The van der Waals surface area contributed by atoms with Crippen LogP contribution in [-0.4, -0.2) is 36.4 Å². The predicted octanol–water partition coefficient (Wildman–Crippen LogP) is 0.220. The second kappa shape index (κ2) is 5.80. The van der Waals surface area contributed by atoms with Crippen molar-refractivity contribution >= 4 is 29.2 Å². The number of hydrogen-bond donors (Lipinski definition) is 1. The fourth-order valence-electron chi connectivity index (χ4n) is 2.27. The second-order valence-corrected chi connectivity index (χ2v) is 4.76. The maximum atomic E-state index is 11.9. The molecule has 1 saturated heterocycles. The smallest absolute Gasteiger partial charge is 0.338 e. The van der Waals surface area contributed by atoms with Crippen LogP contribution in [0.4, 0.5) is 11.4 Å². The first-order valence-corrected chi connectivity index (χ1v) is 6.31. The summed E-state index contributed by atoms with van der Waals surface area (Å²) in [5.74, 6) is -2.48. The van der Waals surface area contributed by atoms with Crippen LogP contribution in [0, 0.1) is 16.0 Å². The molecule has 116 valence electrons. The normalized spacial score (nSPS) is 17.4.